The summed E-state index contributed by atoms with van der Waals surface area (Å²) in [6.45, 7) is 11.6. The molecule has 2 aromatic carbocycles. The van der Waals surface area contributed by atoms with Crippen molar-refractivity contribution in [2.75, 3.05) is 49.6 Å². The highest BCUT2D eigenvalue weighted by molar-refractivity contribution is 6.32. The molecule has 2 aromatic heterocycles. The fourth-order valence-corrected chi connectivity index (χ4v) is 6.82. The SMILES string of the molecule is CCOc1cc2cc(Nc3nc(N4CCCC(COc5ccc(C6CCN(C(=O)OC(C)(C)C)CC6)cc5)C4)ncc3Cl)ccc2n(C)c1=O. The summed E-state index contributed by atoms with van der Waals surface area (Å²) in [6, 6.07) is 15.9. The van der Waals surface area contributed by atoms with E-state index in [1.54, 1.807) is 23.9 Å². The fraction of sp³-hybridized carbons (Fsp3) is 0.474. The minimum atomic E-state index is -0.482. The van der Waals surface area contributed by atoms with E-state index in [1.165, 1.54) is 5.56 Å². The van der Waals surface area contributed by atoms with Crippen LogP contribution in [0.15, 0.2) is 59.5 Å². The minimum absolute atomic E-state index is 0.169. The maximum Gasteiger partial charge on any atom is 0.410 e. The summed E-state index contributed by atoms with van der Waals surface area (Å²) in [7, 11) is 1.74. The molecular weight excluding hydrogens is 656 g/mol. The normalized spacial score (nSPS) is 17.1. The van der Waals surface area contributed by atoms with Gasteiger partial charge in [0.15, 0.2) is 11.6 Å². The van der Waals surface area contributed by atoms with Crippen LogP contribution in [0, 0.1) is 5.92 Å². The number of pyridine rings is 1. The van der Waals surface area contributed by atoms with E-state index in [1.807, 2.05) is 50.8 Å². The highest BCUT2D eigenvalue weighted by Crippen LogP contribution is 2.32. The molecule has 1 N–H and O–H groups in total. The van der Waals surface area contributed by atoms with Crippen LogP contribution in [0.5, 0.6) is 11.5 Å². The highest BCUT2D eigenvalue weighted by Gasteiger charge is 2.28. The monoisotopic (exact) mass is 702 g/mol. The molecule has 266 valence electrons. The van der Waals surface area contributed by atoms with Crippen molar-refractivity contribution in [3.05, 3.63) is 75.7 Å². The Bertz CT molecular complexity index is 1870. The summed E-state index contributed by atoms with van der Waals surface area (Å²) in [5.41, 5.74) is 2.21. The zero-order chi connectivity index (χ0) is 35.4. The lowest BCUT2D eigenvalue weighted by Crippen LogP contribution is -2.41. The number of rotatable bonds is 9. The molecule has 4 aromatic rings. The van der Waals surface area contributed by atoms with Gasteiger partial charge in [-0.05, 0) is 101 Å². The Hall–Kier alpha value is -4.51. The van der Waals surface area contributed by atoms with Crippen molar-refractivity contribution >= 4 is 46.1 Å². The molecule has 4 heterocycles. The molecule has 2 fully saturated rings. The van der Waals surface area contributed by atoms with Gasteiger partial charge < -0.3 is 33.9 Å². The molecule has 2 saturated heterocycles. The molecule has 50 heavy (non-hydrogen) atoms. The Balaban J connectivity index is 1.04. The van der Waals surface area contributed by atoms with Crippen molar-refractivity contribution in [2.45, 2.75) is 64.9 Å². The van der Waals surface area contributed by atoms with Crippen molar-refractivity contribution in [3.63, 3.8) is 0 Å². The van der Waals surface area contributed by atoms with E-state index in [4.69, 9.17) is 30.8 Å². The number of nitrogens with one attached hydrogen (secondary N) is 1. The molecule has 12 heteroatoms. The number of aryl methyl sites for hydroxylation is 1. The third-order valence-electron chi connectivity index (χ3n) is 9.27. The van der Waals surface area contributed by atoms with Crippen LogP contribution in [0.4, 0.5) is 22.2 Å². The first-order valence-corrected chi connectivity index (χ1v) is 17.9. The molecule has 6 rings (SSSR count). The number of hydrogen-bond acceptors (Lipinski definition) is 9. The van der Waals surface area contributed by atoms with Crippen LogP contribution in [-0.4, -0.2) is 70.5 Å². The van der Waals surface area contributed by atoms with Gasteiger partial charge in [0.05, 0.1) is 24.9 Å². The second-order valence-electron chi connectivity index (χ2n) is 14.1. The number of halogens is 1. The lowest BCUT2D eigenvalue weighted by molar-refractivity contribution is 0.0205. The number of benzene rings is 2. The van der Waals surface area contributed by atoms with E-state index in [0.29, 0.717) is 60.7 Å². The zero-order valence-corrected chi connectivity index (χ0v) is 30.3. The minimum Gasteiger partial charge on any atom is -0.493 e. The average Bonchev–Trinajstić information content (AvgIpc) is 3.10. The Morgan fingerprint density at radius 1 is 1.02 bits per heavy atom. The number of carbonyl (C=O) groups excluding carboxylic acids is 1. The standard InChI is InChI=1S/C38H47ClN6O5/c1-6-48-33-21-28-20-29(11-14-32(28)43(5)35(33)46)41-34-31(39)22-40-36(42-34)45-17-7-8-25(23-45)24-49-30-12-9-26(10-13-30)27-15-18-44(19-16-27)37(47)50-38(2,3)4/h9-14,20-22,25,27H,6-8,15-19,23-24H2,1-5H3,(H,40,41,42). The van der Waals surface area contributed by atoms with E-state index in [2.05, 4.69) is 39.5 Å². The largest absolute Gasteiger partial charge is 0.493 e. The zero-order valence-electron chi connectivity index (χ0n) is 29.6. The van der Waals surface area contributed by atoms with Gasteiger partial charge in [0, 0.05) is 50.2 Å². The van der Waals surface area contributed by atoms with Crippen molar-refractivity contribution in [1.29, 1.82) is 0 Å². The number of amides is 1. The van der Waals surface area contributed by atoms with Gasteiger partial charge in [-0.1, -0.05) is 23.7 Å². The van der Waals surface area contributed by atoms with E-state index >= 15 is 0 Å². The Labute approximate surface area is 298 Å². The van der Waals surface area contributed by atoms with Crippen LogP contribution < -0.4 is 25.2 Å². The smallest absolute Gasteiger partial charge is 0.410 e. The molecule has 1 amide bonds. The average molecular weight is 703 g/mol. The highest BCUT2D eigenvalue weighted by atomic mass is 35.5. The number of nitrogens with zero attached hydrogens (tertiary/aromatic N) is 5. The van der Waals surface area contributed by atoms with E-state index < -0.39 is 5.60 Å². The van der Waals surface area contributed by atoms with Crippen LogP contribution in [0.2, 0.25) is 5.02 Å². The Morgan fingerprint density at radius 2 is 1.78 bits per heavy atom. The molecule has 2 aliphatic heterocycles. The lowest BCUT2D eigenvalue weighted by atomic mass is 9.89. The number of aromatic nitrogens is 3. The molecule has 0 radical (unpaired) electrons. The fourth-order valence-electron chi connectivity index (χ4n) is 6.68. The van der Waals surface area contributed by atoms with Gasteiger partial charge in [0.25, 0.3) is 5.56 Å². The predicted molar refractivity (Wildman–Crippen MR) is 197 cm³/mol. The summed E-state index contributed by atoms with van der Waals surface area (Å²) in [5.74, 6) is 3.04. The third-order valence-corrected chi connectivity index (χ3v) is 9.55. The quantitative estimate of drug-likeness (QED) is 0.189. The van der Waals surface area contributed by atoms with Crippen molar-refractivity contribution in [2.24, 2.45) is 13.0 Å². The Morgan fingerprint density at radius 3 is 2.50 bits per heavy atom. The van der Waals surface area contributed by atoms with Crippen molar-refractivity contribution < 1.29 is 19.0 Å². The maximum atomic E-state index is 12.6. The summed E-state index contributed by atoms with van der Waals surface area (Å²) < 4.78 is 19.0. The molecule has 0 saturated carbocycles. The van der Waals surface area contributed by atoms with Crippen molar-refractivity contribution in [3.8, 4) is 11.5 Å². The van der Waals surface area contributed by atoms with Gasteiger partial charge in [0.1, 0.15) is 16.4 Å². The van der Waals surface area contributed by atoms with Gasteiger partial charge in [0.2, 0.25) is 5.95 Å². The molecule has 0 aliphatic carbocycles. The summed E-state index contributed by atoms with van der Waals surface area (Å²) in [4.78, 5) is 38.4. The molecule has 2 aliphatic rings. The number of piperidine rings is 2. The number of hydrogen-bond donors (Lipinski definition) is 1. The van der Waals surface area contributed by atoms with Crippen LogP contribution in [-0.2, 0) is 11.8 Å². The first-order chi connectivity index (χ1) is 24.0. The summed E-state index contributed by atoms with van der Waals surface area (Å²) in [5, 5.41) is 4.62. The number of ether oxygens (including phenoxy) is 3. The maximum absolute atomic E-state index is 12.6. The van der Waals surface area contributed by atoms with Crippen LogP contribution >= 0.6 is 11.6 Å². The van der Waals surface area contributed by atoms with Gasteiger partial charge in [-0.15, -0.1) is 0 Å². The van der Waals surface area contributed by atoms with Crippen molar-refractivity contribution in [1.82, 2.24) is 19.4 Å². The summed E-state index contributed by atoms with van der Waals surface area (Å²) >= 11 is 6.55. The van der Waals surface area contributed by atoms with Gasteiger partial charge in [-0.3, -0.25) is 4.79 Å². The van der Waals surface area contributed by atoms with E-state index in [-0.39, 0.29) is 11.7 Å². The van der Waals surface area contributed by atoms with Crippen LogP contribution in [0.1, 0.15) is 64.9 Å². The van der Waals surface area contributed by atoms with Crippen LogP contribution in [0.3, 0.4) is 0 Å². The molecule has 0 bridgehead atoms. The molecule has 1 atom stereocenters. The second-order valence-corrected chi connectivity index (χ2v) is 14.6. The molecule has 0 spiro atoms. The number of likely N-dealkylation sites (tertiary alicyclic amines) is 1. The third kappa shape index (κ3) is 8.43. The lowest BCUT2D eigenvalue weighted by Gasteiger charge is -2.33. The molecule has 1 unspecified atom stereocenters. The second kappa shape index (κ2) is 15.2. The predicted octanol–water partition coefficient (Wildman–Crippen LogP) is 7.53. The van der Waals surface area contributed by atoms with Gasteiger partial charge >= 0.3 is 6.09 Å². The molecule has 11 nitrogen and oxygen atoms in total. The Kier molecular flexibility index (Phi) is 10.7. The molecular formula is C38H47ClN6O5. The number of carbonyl (C=O) groups is 1. The van der Waals surface area contributed by atoms with Crippen LogP contribution in [0.25, 0.3) is 10.9 Å². The first-order valence-electron chi connectivity index (χ1n) is 17.5. The number of fused-ring (bicyclic) bond motifs is 1. The first kappa shape index (κ1) is 35.3. The number of anilines is 3. The van der Waals surface area contributed by atoms with Gasteiger partial charge in [-0.2, -0.15) is 4.98 Å². The van der Waals surface area contributed by atoms with E-state index in [9.17, 15) is 9.59 Å². The topological polar surface area (TPSA) is 111 Å². The summed E-state index contributed by atoms with van der Waals surface area (Å²) in [6.07, 6.45) is 5.31. The van der Waals surface area contributed by atoms with E-state index in [0.717, 1.165) is 61.1 Å². The van der Waals surface area contributed by atoms with Gasteiger partial charge in [-0.25, -0.2) is 9.78 Å².